The third-order valence-corrected chi connectivity index (χ3v) is 0.969. The SMILES string of the molecule is CC(O)CNC/C=C/Cl. The maximum Gasteiger partial charge on any atom is 0.0636 e. The highest BCUT2D eigenvalue weighted by Crippen LogP contribution is 1.77. The van der Waals surface area contributed by atoms with E-state index in [0.29, 0.717) is 13.1 Å². The molecule has 0 amide bonds. The van der Waals surface area contributed by atoms with Gasteiger partial charge in [-0.2, -0.15) is 0 Å². The summed E-state index contributed by atoms with van der Waals surface area (Å²) >= 11 is 5.23. The van der Waals surface area contributed by atoms with Crippen molar-refractivity contribution < 1.29 is 5.11 Å². The lowest BCUT2D eigenvalue weighted by molar-refractivity contribution is 0.193. The summed E-state index contributed by atoms with van der Waals surface area (Å²) in [6.07, 6.45) is 1.50. The van der Waals surface area contributed by atoms with Crippen molar-refractivity contribution in [2.45, 2.75) is 13.0 Å². The molecule has 0 aromatic carbocycles. The first-order chi connectivity index (χ1) is 4.27. The highest BCUT2D eigenvalue weighted by molar-refractivity contribution is 6.25. The van der Waals surface area contributed by atoms with Crippen LogP contribution in [0.25, 0.3) is 0 Å². The lowest BCUT2D eigenvalue weighted by Gasteiger charge is -2.02. The number of halogens is 1. The van der Waals surface area contributed by atoms with Crippen LogP contribution < -0.4 is 5.32 Å². The lowest BCUT2D eigenvalue weighted by Crippen LogP contribution is -2.24. The van der Waals surface area contributed by atoms with Gasteiger partial charge in [0.2, 0.25) is 0 Å². The van der Waals surface area contributed by atoms with Gasteiger partial charge in [0.15, 0.2) is 0 Å². The summed E-state index contributed by atoms with van der Waals surface area (Å²) in [5.41, 5.74) is 1.45. The van der Waals surface area contributed by atoms with E-state index in [9.17, 15) is 0 Å². The molecule has 0 bridgehead atoms. The van der Waals surface area contributed by atoms with Crippen LogP contribution in [0.2, 0.25) is 0 Å². The number of nitrogens with one attached hydrogen (secondary N) is 1. The zero-order valence-corrected chi connectivity index (χ0v) is 6.23. The van der Waals surface area contributed by atoms with E-state index in [-0.39, 0.29) is 6.10 Å². The van der Waals surface area contributed by atoms with Crippen molar-refractivity contribution in [1.29, 1.82) is 0 Å². The van der Waals surface area contributed by atoms with E-state index in [0.717, 1.165) is 0 Å². The van der Waals surface area contributed by atoms with Crippen LogP contribution in [0.1, 0.15) is 6.92 Å². The van der Waals surface area contributed by atoms with Crippen molar-refractivity contribution in [3.63, 3.8) is 0 Å². The van der Waals surface area contributed by atoms with Crippen LogP contribution in [0.15, 0.2) is 11.6 Å². The Balaban J connectivity index is 2.91. The van der Waals surface area contributed by atoms with Crippen molar-refractivity contribution in [2.24, 2.45) is 0 Å². The standard InChI is InChI=1S/C6H12ClNO/c1-6(9)5-8-4-2-3-7/h2-3,6,8-9H,4-5H2,1H3/b3-2+. The molecule has 0 aromatic rings. The second-order valence-electron chi connectivity index (χ2n) is 1.87. The minimum absolute atomic E-state index is 0.284. The Morgan fingerprint density at radius 1 is 1.78 bits per heavy atom. The minimum atomic E-state index is -0.284. The van der Waals surface area contributed by atoms with E-state index in [2.05, 4.69) is 5.32 Å². The van der Waals surface area contributed by atoms with E-state index in [1.165, 1.54) is 5.54 Å². The molecular formula is C6H12ClNO. The third kappa shape index (κ3) is 7.95. The molecule has 0 aliphatic rings. The number of aliphatic hydroxyl groups is 1. The van der Waals surface area contributed by atoms with Gasteiger partial charge in [-0.15, -0.1) is 0 Å². The van der Waals surface area contributed by atoms with Gasteiger partial charge in [-0.05, 0) is 6.92 Å². The van der Waals surface area contributed by atoms with Crippen molar-refractivity contribution in [3.8, 4) is 0 Å². The van der Waals surface area contributed by atoms with E-state index in [1.54, 1.807) is 13.0 Å². The summed E-state index contributed by atoms with van der Waals surface area (Å²) in [6.45, 7) is 3.06. The second kappa shape index (κ2) is 6.08. The zero-order chi connectivity index (χ0) is 7.11. The fourth-order valence-electron chi connectivity index (χ4n) is 0.420. The van der Waals surface area contributed by atoms with Crippen LogP contribution in [-0.2, 0) is 0 Å². The highest BCUT2D eigenvalue weighted by Gasteiger charge is 1.89. The van der Waals surface area contributed by atoms with E-state index < -0.39 is 0 Å². The summed E-state index contributed by atoms with van der Waals surface area (Å²) in [5, 5.41) is 11.7. The van der Waals surface area contributed by atoms with Crippen LogP contribution in [0.5, 0.6) is 0 Å². The van der Waals surface area contributed by atoms with Crippen LogP contribution in [0, 0.1) is 0 Å². The Kier molecular flexibility index (Phi) is 6.04. The van der Waals surface area contributed by atoms with Gasteiger partial charge in [0, 0.05) is 18.6 Å². The average molecular weight is 150 g/mol. The summed E-state index contributed by atoms with van der Waals surface area (Å²) in [6, 6.07) is 0. The molecule has 0 aromatic heterocycles. The molecule has 0 rings (SSSR count). The predicted molar refractivity (Wildman–Crippen MR) is 39.5 cm³/mol. The molecule has 1 unspecified atom stereocenters. The van der Waals surface area contributed by atoms with Gasteiger partial charge in [0.1, 0.15) is 0 Å². The van der Waals surface area contributed by atoms with Gasteiger partial charge in [0.05, 0.1) is 6.10 Å². The summed E-state index contributed by atoms with van der Waals surface area (Å²) in [4.78, 5) is 0. The fourth-order valence-corrected chi connectivity index (χ4v) is 0.509. The molecule has 0 fully saturated rings. The molecule has 0 spiro atoms. The van der Waals surface area contributed by atoms with Crippen LogP contribution >= 0.6 is 11.6 Å². The molecule has 0 aliphatic carbocycles. The summed E-state index contributed by atoms with van der Waals surface area (Å²) in [5.74, 6) is 0. The van der Waals surface area contributed by atoms with Gasteiger partial charge in [-0.3, -0.25) is 0 Å². The Morgan fingerprint density at radius 2 is 2.44 bits per heavy atom. The smallest absolute Gasteiger partial charge is 0.0636 e. The predicted octanol–water partition coefficient (Wildman–Crippen LogP) is 0.709. The normalized spacial score (nSPS) is 14.6. The first-order valence-corrected chi connectivity index (χ1v) is 3.35. The van der Waals surface area contributed by atoms with Crippen molar-refractivity contribution in [3.05, 3.63) is 11.6 Å². The Bertz CT molecular complexity index is 83.1. The third-order valence-electron chi connectivity index (χ3n) is 0.791. The monoisotopic (exact) mass is 149 g/mol. The fraction of sp³-hybridized carbons (Fsp3) is 0.667. The Morgan fingerprint density at radius 3 is 2.89 bits per heavy atom. The van der Waals surface area contributed by atoms with Gasteiger partial charge < -0.3 is 10.4 Å². The summed E-state index contributed by atoms with van der Waals surface area (Å²) in [7, 11) is 0. The van der Waals surface area contributed by atoms with E-state index in [1.807, 2.05) is 0 Å². The molecular weight excluding hydrogens is 138 g/mol. The van der Waals surface area contributed by atoms with E-state index >= 15 is 0 Å². The van der Waals surface area contributed by atoms with Crippen molar-refractivity contribution in [2.75, 3.05) is 13.1 Å². The molecule has 0 saturated heterocycles. The average Bonchev–Trinajstić information content (AvgIpc) is 1.80. The largest absolute Gasteiger partial charge is 0.392 e. The molecule has 2 N–H and O–H groups in total. The molecule has 0 aliphatic heterocycles. The number of rotatable bonds is 4. The maximum atomic E-state index is 8.73. The summed E-state index contributed by atoms with van der Waals surface area (Å²) < 4.78 is 0. The molecule has 0 saturated carbocycles. The molecule has 2 nitrogen and oxygen atoms in total. The molecule has 9 heavy (non-hydrogen) atoms. The van der Waals surface area contributed by atoms with Crippen molar-refractivity contribution >= 4 is 11.6 Å². The van der Waals surface area contributed by atoms with Crippen LogP contribution in [0.3, 0.4) is 0 Å². The Labute approximate surface area is 60.5 Å². The van der Waals surface area contributed by atoms with Crippen molar-refractivity contribution in [1.82, 2.24) is 5.32 Å². The number of hydrogen-bond acceptors (Lipinski definition) is 2. The molecule has 1 atom stereocenters. The van der Waals surface area contributed by atoms with Gasteiger partial charge in [0.25, 0.3) is 0 Å². The lowest BCUT2D eigenvalue weighted by atomic mass is 10.4. The molecule has 3 heteroatoms. The topological polar surface area (TPSA) is 32.3 Å². The number of hydrogen-bond donors (Lipinski definition) is 2. The second-order valence-corrected chi connectivity index (χ2v) is 2.12. The molecule has 0 heterocycles. The van der Waals surface area contributed by atoms with Crippen LogP contribution in [-0.4, -0.2) is 24.3 Å². The van der Waals surface area contributed by atoms with Gasteiger partial charge in [-0.1, -0.05) is 17.7 Å². The Hall–Kier alpha value is -0.0500. The molecule has 54 valence electrons. The minimum Gasteiger partial charge on any atom is -0.392 e. The highest BCUT2D eigenvalue weighted by atomic mass is 35.5. The zero-order valence-electron chi connectivity index (χ0n) is 5.47. The first-order valence-electron chi connectivity index (χ1n) is 2.91. The van der Waals surface area contributed by atoms with Gasteiger partial charge in [-0.25, -0.2) is 0 Å². The maximum absolute atomic E-state index is 8.73. The quantitative estimate of drug-likeness (QED) is 0.577. The van der Waals surface area contributed by atoms with Crippen LogP contribution in [0.4, 0.5) is 0 Å². The number of aliphatic hydroxyl groups excluding tert-OH is 1. The molecule has 0 radical (unpaired) electrons. The van der Waals surface area contributed by atoms with E-state index in [4.69, 9.17) is 16.7 Å². The van der Waals surface area contributed by atoms with Gasteiger partial charge >= 0.3 is 0 Å². The first kappa shape index (κ1) is 8.95.